The monoisotopic (exact) mass is 171 g/mol. The molecule has 64 valence electrons. The molecule has 5 nitrogen and oxygen atoms in total. The van der Waals surface area contributed by atoms with Crippen LogP contribution in [0.15, 0.2) is 6.20 Å². The molecule has 1 aliphatic rings. The Hall–Kier alpha value is -1.59. The molecule has 0 bridgehead atoms. The fraction of sp³-hybridized carbons (Fsp3) is 0.333. The van der Waals surface area contributed by atoms with Gasteiger partial charge in [0.15, 0.2) is 11.6 Å². The van der Waals surface area contributed by atoms with Crippen LogP contribution in [0.2, 0.25) is 0 Å². The Morgan fingerprint density at radius 2 is 2.58 bits per heavy atom. The topological polar surface area (TPSA) is 58.2 Å². The highest BCUT2D eigenvalue weighted by molar-refractivity contribution is 5.88. The summed E-state index contributed by atoms with van der Waals surface area (Å²) in [5.74, 6) is -0.480. The van der Waals surface area contributed by atoms with Crippen molar-refractivity contribution in [3.05, 3.63) is 12.0 Å². The predicted molar refractivity (Wildman–Crippen MR) is 37.2 cm³/mol. The summed E-state index contributed by atoms with van der Waals surface area (Å²) in [6.45, 7) is 0.648. The number of hydrogen-bond donors (Lipinski definition) is 1. The normalized spacial score (nSPS) is 16.8. The fourth-order valence-electron chi connectivity index (χ4n) is 1.05. The lowest BCUT2D eigenvalue weighted by atomic mass is 10.5. The Labute approximate surface area is 67.1 Å². The van der Waals surface area contributed by atoms with E-state index in [1.807, 2.05) is 0 Å². The molecule has 1 aromatic heterocycles. The summed E-state index contributed by atoms with van der Waals surface area (Å²) in [7, 11) is 0. The van der Waals surface area contributed by atoms with Crippen molar-refractivity contribution in [1.82, 2.24) is 10.2 Å². The third-order valence-electron chi connectivity index (χ3n) is 1.61. The Morgan fingerprint density at radius 1 is 1.75 bits per heavy atom. The van der Waals surface area contributed by atoms with E-state index in [4.69, 9.17) is 0 Å². The summed E-state index contributed by atoms with van der Waals surface area (Å²) in [5, 5.41) is 5.83. The van der Waals surface area contributed by atoms with Crippen LogP contribution < -0.4 is 4.90 Å². The van der Waals surface area contributed by atoms with Crippen LogP contribution in [0.5, 0.6) is 0 Å². The number of nitrogens with zero attached hydrogens (tertiary/aromatic N) is 2. The summed E-state index contributed by atoms with van der Waals surface area (Å²) in [4.78, 5) is 12.1. The molecule has 6 heteroatoms. The summed E-state index contributed by atoms with van der Waals surface area (Å²) < 4.78 is 17.4. The number of aromatic amines is 1. The molecule has 0 aromatic carbocycles. The molecule has 1 amide bonds. The number of rotatable bonds is 1. The van der Waals surface area contributed by atoms with Crippen LogP contribution in [0.3, 0.4) is 0 Å². The molecular weight excluding hydrogens is 165 g/mol. The smallest absolute Gasteiger partial charge is 0.415 e. The average Bonchev–Trinajstić information content (AvgIpc) is 2.59. The number of anilines is 1. The molecule has 1 aromatic rings. The Bertz CT molecular complexity index is 311. The molecule has 0 radical (unpaired) electrons. The van der Waals surface area contributed by atoms with E-state index in [-0.39, 0.29) is 12.4 Å². The maximum atomic E-state index is 12.8. The van der Waals surface area contributed by atoms with Gasteiger partial charge in [-0.15, -0.1) is 0 Å². The SMILES string of the molecule is O=C1OCCN1c1[nH]ncc1F. The van der Waals surface area contributed by atoms with Crippen LogP contribution in [0.4, 0.5) is 15.0 Å². The van der Waals surface area contributed by atoms with Crippen molar-refractivity contribution in [3.63, 3.8) is 0 Å². The molecule has 0 spiro atoms. The van der Waals surface area contributed by atoms with Crippen molar-refractivity contribution in [2.75, 3.05) is 18.1 Å². The first-order valence-corrected chi connectivity index (χ1v) is 3.42. The third-order valence-corrected chi connectivity index (χ3v) is 1.61. The second kappa shape index (κ2) is 2.47. The van der Waals surface area contributed by atoms with Crippen molar-refractivity contribution in [3.8, 4) is 0 Å². The molecule has 12 heavy (non-hydrogen) atoms. The van der Waals surface area contributed by atoms with Gasteiger partial charge in [-0.2, -0.15) is 5.10 Å². The zero-order chi connectivity index (χ0) is 8.55. The lowest BCUT2D eigenvalue weighted by Crippen LogP contribution is -2.24. The molecule has 0 unspecified atom stereocenters. The highest BCUT2D eigenvalue weighted by atomic mass is 19.1. The largest absolute Gasteiger partial charge is 0.447 e. The molecule has 2 rings (SSSR count). The van der Waals surface area contributed by atoms with Crippen LogP contribution in [-0.2, 0) is 4.74 Å². The Kier molecular flexibility index (Phi) is 1.46. The molecule has 1 fully saturated rings. The van der Waals surface area contributed by atoms with Crippen molar-refractivity contribution < 1.29 is 13.9 Å². The molecule has 1 N–H and O–H groups in total. The molecule has 1 aliphatic heterocycles. The van der Waals surface area contributed by atoms with Gasteiger partial charge in [-0.3, -0.25) is 10.00 Å². The van der Waals surface area contributed by atoms with E-state index < -0.39 is 11.9 Å². The summed E-state index contributed by atoms with van der Waals surface area (Å²) in [6.07, 6.45) is 0.471. The minimum absolute atomic E-state index is 0.0671. The number of cyclic esters (lactones) is 1. The first-order valence-electron chi connectivity index (χ1n) is 3.42. The maximum absolute atomic E-state index is 12.8. The third kappa shape index (κ3) is 0.919. The lowest BCUT2D eigenvalue weighted by Gasteiger charge is -2.08. The number of amides is 1. The number of hydrogen-bond acceptors (Lipinski definition) is 3. The molecule has 2 heterocycles. The molecular formula is C6H6FN3O2. The highest BCUT2D eigenvalue weighted by Gasteiger charge is 2.27. The Balaban J connectivity index is 2.30. The first-order chi connectivity index (χ1) is 5.79. The van der Waals surface area contributed by atoms with Gasteiger partial charge in [-0.05, 0) is 0 Å². The number of aromatic nitrogens is 2. The Morgan fingerprint density at radius 3 is 3.08 bits per heavy atom. The average molecular weight is 171 g/mol. The van der Waals surface area contributed by atoms with Gasteiger partial charge in [0.05, 0.1) is 12.7 Å². The number of halogens is 1. The summed E-state index contributed by atoms with van der Waals surface area (Å²) in [6, 6.07) is 0. The zero-order valence-corrected chi connectivity index (χ0v) is 6.08. The van der Waals surface area contributed by atoms with Crippen LogP contribution in [0.1, 0.15) is 0 Å². The predicted octanol–water partition coefficient (Wildman–Crippen LogP) is 0.505. The quantitative estimate of drug-likeness (QED) is 0.669. The van der Waals surface area contributed by atoms with Gasteiger partial charge in [0.2, 0.25) is 0 Å². The second-order valence-electron chi connectivity index (χ2n) is 2.33. The molecule has 1 saturated heterocycles. The number of ether oxygens (including phenoxy) is 1. The minimum atomic E-state index is -0.547. The van der Waals surface area contributed by atoms with Gasteiger partial charge in [-0.1, -0.05) is 0 Å². The van der Waals surface area contributed by atoms with Gasteiger partial charge in [-0.25, -0.2) is 9.18 Å². The van der Waals surface area contributed by atoms with Crippen LogP contribution in [0, 0.1) is 5.82 Å². The van der Waals surface area contributed by atoms with Gasteiger partial charge in [0.1, 0.15) is 6.61 Å². The van der Waals surface area contributed by atoms with E-state index in [1.165, 1.54) is 4.90 Å². The lowest BCUT2D eigenvalue weighted by molar-refractivity contribution is 0.181. The van der Waals surface area contributed by atoms with Crippen LogP contribution in [-0.4, -0.2) is 29.4 Å². The van der Waals surface area contributed by atoms with E-state index in [0.717, 1.165) is 6.20 Å². The summed E-state index contributed by atoms with van der Waals surface area (Å²) in [5.41, 5.74) is 0. The van der Waals surface area contributed by atoms with E-state index >= 15 is 0 Å². The molecule has 0 aliphatic carbocycles. The van der Waals surface area contributed by atoms with Gasteiger partial charge in [0.25, 0.3) is 0 Å². The van der Waals surface area contributed by atoms with Crippen molar-refractivity contribution >= 4 is 11.9 Å². The van der Waals surface area contributed by atoms with Gasteiger partial charge >= 0.3 is 6.09 Å². The number of nitrogens with one attached hydrogen (secondary N) is 1. The van der Waals surface area contributed by atoms with E-state index in [0.29, 0.717) is 6.54 Å². The number of carbonyl (C=O) groups is 1. The van der Waals surface area contributed by atoms with Crippen molar-refractivity contribution in [2.24, 2.45) is 0 Å². The molecule has 0 saturated carbocycles. The number of H-pyrrole nitrogens is 1. The first kappa shape index (κ1) is 7.08. The van der Waals surface area contributed by atoms with E-state index in [2.05, 4.69) is 14.9 Å². The maximum Gasteiger partial charge on any atom is 0.415 e. The standard InChI is InChI=1S/C6H6FN3O2/c7-4-3-8-9-5(4)10-1-2-12-6(10)11/h3H,1-2H2,(H,8,9). The fourth-order valence-corrected chi connectivity index (χ4v) is 1.05. The van der Waals surface area contributed by atoms with Gasteiger partial charge < -0.3 is 4.74 Å². The minimum Gasteiger partial charge on any atom is -0.447 e. The van der Waals surface area contributed by atoms with Crippen LogP contribution >= 0.6 is 0 Å². The van der Waals surface area contributed by atoms with E-state index in [9.17, 15) is 9.18 Å². The number of carbonyl (C=O) groups excluding carboxylic acids is 1. The van der Waals surface area contributed by atoms with Crippen molar-refractivity contribution in [1.29, 1.82) is 0 Å². The van der Waals surface area contributed by atoms with Crippen LogP contribution in [0.25, 0.3) is 0 Å². The van der Waals surface area contributed by atoms with Crippen molar-refractivity contribution in [2.45, 2.75) is 0 Å². The second-order valence-corrected chi connectivity index (χ2v) is 2.33. The highest BCUT2D eigenvalue weighted by Crippen LogP contribution is 2.18. The van der Waals surface area contributed by atoms with E-state index in [1.54, 1.807) is 0 Å². The van der Waals surface area contributed by atoms with Gasteiger partial charge in [0, 0.05) is 0 Å². The zero-order valence-electron chi connectivity index (χ0n) is 6.08. The summed E-state index contributed by atoms with van der Waals surface area (Å²) >= 11 is 0. The molecule has 0 atom stereocenters.